The maximum absolute atomic E-state index is 13.7. The maximum Gasteiger partial charge on any atom is 0.341 e. The summed E-state index contributed by atoms with van der Waals surface area (Å²) in [6, 6.07) is 0. The zero-order chi connectivity index (χ0) is 21.2. The number of anilines is 1. The Labute approximate surface area is 184 Å². The average Bonchev–Trinajstić information content (AvgIpc) is 3.17. The second kappa shape index (κ2) is 6.91. The van der Waals surface area contributed by atoms with Gasteiger partial charge in [0.15, 0.2) is 5.78 Å². The number of carbonyl (C=O) groups is 3. The van der Waals surface area contributed by atoms with Crippen LogP contribution in [0, 0.1) is 16.2 Å². The molecule has 5 nitrogen and oxygen atoms in total. The summed E-state index contributed by atoms with van der Waals surface area (Å²) in [5.41, 5.74) is -0.269. The number of alkyl halides is 1. The number of nitrogens with one attached hydrogen (secondary N) is 1. The van der Waals surface area contributed by atoms with Crippen molar-refractivity contribution in [2.45, 2.75) is 71.0 Å². The van der Waals surface area contributed by atoms with Crippen LogP contribution in [-0.2, 0) is 27.2 Å². The maximum atomic E-state index is 13.7. The first-order valence-electron chi connectivity index (χ1n) is 10.4. The number of hydrogen-bond donors (Lipinski definition) is 1. The van der Waals surface area contributed by atoms with E-state index in [0.29, 0.717) is 30.0 Å². The van der Waals surface area contributed by atoms with E-state index in [1.807, 2.05) is 20.8 Å². The van der Waals surface area contributed by atoms with Gasteiger partial charge in [-0.25, -0.2) is 4.79 Å². The molecule has 3 aliphatic carbocycles. The monoisotopic (exact) mass is 481 g/mol. The lowest BCUT2D eigenvalue weighted by Crippen LogP contribution is -2.48. The highest BCUT2D eigenvalue weighted by Crippen LogP contribution is 2.72. The van der Waals surface area contributed by atoms with Gasteiger partial charge in [0.1, 0.15) is 5.00 Å². The minimum absolute atomic E-state index is 0.111. The molecule has 0 radical (unpaired) electrons. The van der Waals surface area contributed by atoms with Gasteiger partial charge in [-0.2, -0.15) is 0 Å². The molecular weight excluding hydrogens is 454 g/mol. The summed E-state index contributed by atoms with van der Waals surface area (Å²) in [5.74, 6) is -0.420. The fourth-order valence-electron chi connectivity index (χ4n) is 5.74. The number of amides is 1. The summed E-state index contributed by atoms with van der Waals surface area (Å²) in [7, 11) is 0. The number of ether oxygens (including phenoxy) is 1. The van der Waals surface area contributed by atoms with E-state index < -0.39 is 21.1 Å². The molecule has 1 heterocycles. The molecule has 3 aliphatic rings. The summed E-state index contributed by atoms with van der Waals surface area (Å²) in [4.78, 5) is 40.1. The van der Waals surface area contributed by atoms with E-state index in [-0.39, 0.29) is 17.7 Å². The van der Waals surface area contributed by atoms with Crippen molar-refractivity contribution in [2.75, 3.05) is 11.9 Å². The Morgan fingerprint density at radius 2 is 1.90 bits per heavy atom. The van der Waals surface area contributed by atoms with Gasteiger partial charge in [-0.1, -0.05) is 36.7 Å². The molecule has 2 bridgehead atoms. The Hall–Kier alpha value is -1.21. The molecule has 0 spiro atoms. The van der Waals surface area contributed by atoms with E-state index in [1.165, 1.54) is 16.2 Å². The Balaban J connectivity index is 1.74. The zero-order valence-electron chi connectivity index (χ0n) is 17.4. The topological polar surface area (TPSA) is 72.5 Å². The van der Waals surface area contributed by atoms with Crippen LogP contribution in [0.25, 0.3) is 0 Å². The minimum atomic E-state index is -0.824. The normalized spacial score (nSPS) is 32.2. The zero-order valence-corrected chi connectivity index (χ0v) is 19.8. The van der Waals surface area contributed by atoms with Crippen LogP contribution in [0.3, 0.4) is 0 Å². The molecule has 1 aromatic rings. The standard InChI is InChI=1S/C22H28BrNO4S/c1-5-28-18(26)14-12-8-6-7-9-13(12)29-17(14)24-19(27)22-11-10-21(4,20(22,2)3)16(25)15(22)23/h15H,5-11H2,1-4H3,(H,24,27)/t15-,21+,22-/m1/s1. The number of esters is 1. The van der Waals surface area contributed by atoms with Gasteiger partial charge in [0.05, 0.1) is 22.4 Å². The molecule has 7 heteroatoms. The lowest BCUT2D eigenvalue weighted by atomic mass is 9.64. The van der Waals surface area contributed by atoms with Gasteiger partial charge in [-0.15, -0.1) is 11.3 Å². The molecule has 2 fully saturated rings. The second-order valence-electron chi connectivity index (χ2n) is 9.24. The van der Waals surface area contributed by atoms with Crippen molar-refractivity contribution in [2.24, 2.45) is 16.2 Å². The van der Waals surface area contributed by atoms with Gasteiger partial charge in [-0.05, 0) is 56.4 Å². The van der Waals surface area contributed by atoms with Crippen molar-refractivity contribution >= 4 is 49.9 Å². The molecule has 0 aromatic carbocycles. The molecule has 0 aliphatic heterocycles. The molecule has 1 aromatic heterocycles. The van der Waals surface area contributed by atoms with Gasteiger partial charge in [-0.3, -0.25) is 9.59 Å². The van der Waals surface area contributed by atoms with Crippen LogP contribution in [0.5, 0.6) is 0 Å². The van der Waals surface area contributed by atoms with Crippen molar-refractivity contribution in [1.82, 2.24) is 0 Å². The van der Waals surface area contributed by atoms with Crippen LogP contribution < -0.4 is 5.32 Å². The Morgan fingerprint density at radius 1 is 1.21 bits per heavy atom. The smallest absolute Gasteiger partial charge is 0.341 e. The number of carbonyl (C=O) groups excluding carboxylic acids is 3. The molecule has 1 N–H and O–H groups in total. The third-order valence-corrected chi connectivity index (χ3v) is 10.4. The molecule has 4 rings (SSSR count). The molecule has 0 saturated heterocycles. The van der Waals surface area contributed by atoms with Crippen molar-refractivity contribution in [3.63, 3.8) is 0 Å². The first-order valence-corrected chi connectivity index (χ1v) is 12.2. The quantitative estimate of drug-likeness (QED) is 0.490. The summed E-state index contributed by atoms with van der Waals surface area (Å²) in [5, 5.41) is 3.67. The number of ketones is 1. The molecule has 0 unspecified atom stereocenters. The predicted molar refractivity (Wildman–Crippen MR) is 117 cm³/mol. The fraction of sp³-hybridized carbons (Fsp3) is 0.682. The highest BCUT2D eigenvalue weighted by molar-refractivity contribution is 9.10. The lowest BCUT2D eigenvalue weighted by molar-refractivity contribution is -0.130. The van der Waals surface area contributed by atoms with Crippen LogP contribution in [0.1, 0.15) is 74.2 Å². The molecule has 158 valence electrons. The largest absolute Gasteiger partial charge is 0.462 e. The summed E-state index contributed by atoms with van der Waals surface area (Å²) < 4.78 is 5.31. The number of fused-ring (bicyclic) bond motifs is 3. The highest BCUT2D eigenvalue weighted by atomic mass is 79.9. The van der Waals surface area contributed by atoms with E-state index in [1.54, 1.807) is 6.92 Å². The minimum Gasteiger partial charge on any atom is -0.462 e. The highest BCUT2D eigenvalue weighted by Gasteiger charge is 2.76. The van der Waals surface area contributed by atoms with Crippen LogP contribution in [-0.4, -0.2) is 29.1 Å². The first-order chi connectivity index (χ1) is 13.6. The van der Waals surface area contributed by atoms with E-state index in [9.17, 15) is 14.4 Å². The molecule has 2 saturated carbocycles. The number of thiophene rings is 1. The van der Waals surface area contributed by atoms with E-state index in [4.69, 9.17) is 4.74 Å². The summed E-state index contributed by atoms with van der Waals surface area (Å²) in [6.45, 7) is 8.13. The van der Waals surface area contributed by atoms with E-state index in [0.717, 1.165) is 31.2 Å². The lowest BCUT2D eigenvalue weighted by Gasteiger charge is -2.39. The molecular formula is C22H28BrNO4S. The van der Waals surface area contributed by atoms with Gasteiger partial charge in [0.25, 0.3) is 0 Å². The predicted octanol–water partition coefficient (Wildman–Crippen LogP) is 4.90. The Bertz CT molecular complexity index is 907. The van der Waals surface area contributed by atoms with Crippen molar-refractivity contribution in [3.05, 3.63) is 16.0 Å². The third kappa shape index (κ3) is 2.59. The van der Waals surface area contributed by atoms with Crippen LogP contribution in [0.2, 0.25) is 0 Å². The van der Waals surface area contributed by atoms with E-state index >= 15 is 0 Å². The SMILES string of the molecule is CCOC(=O)c1c(NC(=O)[C@@]23CC[C@@](C)(C(=O)[C@H]2Br)C3(C)C)sc2c1CCCC2. The van der Waals surface area contributed by atoms with E-state index in [2.05, 4.69) is 21.2 Å². The Kier molecular flexibility index (Phi) is 5.01. The summed E-state index contributed by atoms with van der Waals surface area (Å²) in [6.07, 6.45) is 5.26. The van der Waals surface area contributed by atoms with Gasteiger partial charge in [0.2, 0.25) is 5.91 Å². The van der Waals surface area contributed by atoms with Crippen LogP contribution in [0.4, 0.5) is 5.00 Å². The van der Waals surface area contributed by atoms with Gasteiger partial charge >= 0.3 is 5.97 Å². The number of halogens is 1. The third-order valence-electron chi connectivity index (χ3n) is 8.00. The molecule has 1 amide bonds. The number of rotatable bonds is 4. The van der Waals surface area contributed by atoms with Gasteiger partial charge in [0, 0.05) is 10.3 Å². The average molecular weight is 482 g/mol. The van der Waals surface area contributed by atoms with Crippen LogP contribution in [0.15, 0.2) is 0 Å². The molecule has 3 atom stereocenters. The van der Waals surface area contributed by atoms with Crippen molar-refractivity contribution < 1.29 is 19.1 Å². The number of Topliss-reactive ketones (excluding diaryl/α,β-unsaturated/α-hetero) is 1. The fourth-order valence-corrected chi connectivity index (χ4v) is 8.53. The second-order valence-corrected chi connectivity index (χ2v) is 11.3. The van der Waals surface area contributed by atoms with Gasteiger partial charge < -0.3 is 10.1 Å². The van der Waals surface area contributed by atoms with Crippen LogP contribution >= 0.6 is 27.3 Å². The van der Waals surface area contributed by atoms with Crippen molar-refractivity contribution in [1.29, 1.82) is 0 Å². The first kappa shape index (κ1) is 21.0. The summed E-state index contributed by atoms with van der Waals surface area (Å²) >= 11 is 5.07. The number of aryl methyl sites for hydroxylation is 1. The van der Waals surface area contributed by atoms with Crippen molar-refractivity contribution in [3.8, 4) is 0 Å². The number of hydrogen-bond acceptors (Lipinski definition) is 5. The Morgan fingerprint density at radius 3 is 2.52 bits per heavy atom. The molecule has 29 heavy (non-hydrogen) atoms.